The highest BCUT2D eigenvalue weighted by atomic mass is 16.2. The molecule has 1 atom stereocenters. The van der Waals surface area contributed by atoms with Crippen LogP contribution in [0.25, 0.3) is 0 Å². The van der Waals surface area contributed by atoms with Crippen LogP contribution in [-0.4, -0.2) is 52.2 Å². The maximum absolute atomic E-state index is 12.4. The lowest BCUT2D eigenvalue weighted by Gasteiger charge is -2.32. The third-order valence-corrected chi connectivity index (χ3v) is 4.89. The van der Waals surface area contributed by atoms with Gasteiger partial charge < -0.3 is 10.6 Å². The summed E-state index contributed by atoms with van der Waals surface area (Å²) in [7, 11) is 0. The van der Waals surface area contributed by atoms with E-state index >= 15 is 0 Å². The Labute approximate surface area is 142 Å². The second-order valence-corrected chi connectivity index (χ2v) is 6.92. The number of carbonyl (C=O) groups is 2. The lowest BCUT2D eigenvalue weighted by molar-refractivity contribution is -0.120. The fraction of sp³-hybridized carbons (Fsp3) is 0.706. The van der Waals surface area contributed by atoms with Crippen LogP contribution in [0.2, 0.25) is 0 Å². The molecule has 0 spiro atoms. The molecule has 2 fully saturated rings. The van der Waals surface area contributed by atoms with Crippen LogP contribution in [0.1, 0.15) is 51.5 Å². The number of anilines is 1. The summed E-state index contributed by atoms with van der Waals surface area (Å²) in [6.45, 7) is 3.52. The third-order valence-electron chi connectivity index (χ3n) is 4.89. The molecule has 132 valence electrons. The van der Waals surface area contributed by atoms with Crippen molar-refractivity contribution in [2.45, 2.75) is 57.5 Å². The summed E-state index contributed by atoms with van der Waals surface area (Å²) >= 11 is 0. The minimum Gasteiger partial charge on any atom is -0.352 e. The number of nitrogens with one attached hydrogen (secondary N) is 2. The smallest absolute Gasteiger partial charge is 0.239 e. The van der Waals surface area contributed by atoms with Crippen molar-refractivity contribution in [2.24, 2.45) is 0 Å². The third kappa shape index (κ3) is 4.35. The maximum atomic E-state index is 12.4. The Bertz CT molecular complexity index is 579. The molecule has 2 amide bonds. The molecule has 7 heteroatoms. The first kappa shape index (κ1) is 17.0. The summed E-state index contributed by atoms with van der Waals surface area (Å²) in [6, 6.07) is 2.43. The Kier molecular flexibility index (Phi) is 5.50. The lowest BCUT2D eigenvalue weighted by Crippen LogP contribution is -2.49. The normalized spacial score (nSPS) is 22.5. The van der Waals surface area contributed by atoms with E-state index < -0.39 is 0 Å². The van der Waals surface area contributed by atoms with Gasteiger partial charge in [0.1, 0.15) is 5.82 Å². The highest BCUT2D eigenvalue weighted by Crippen LogP contribution is 2.31. The van der Waals surface area contributed by atoms with Gasteiger partial charge in [0.2, 0.25) is 11.8 Å². The van der Waals surface area contributed by atoms with Gasteiger partial charge in [0.15, 0.2) is 0 Å². The number of hydrogen-bond donors (Lipinski definition) is 2. The number of nitrogens with zero attached hydrogens (tertiary/aromatic N) is 3. The van der Waals surface area contributed by atoms with Crippen LogP contribution in [0.5, 0.6) is 0 Å². The zero-order chi connectivity index (χ0) is 16.9. The molecule has 1 saturated heterocycles. The summed E-state index contributed by atoms with van der Waals surface area (Å²) < 4.78 is 1.96. The average molecular weight is 333 g/mol. The van der Waals surface area contributed by atoms with E-state index in [1.54, 1.807) is 6.20 Å². The first-order chi connectivity index (χ1) is 11.6. The molecule has 0 aromatic carbocycles. The zero-order valence-electron chi connectivity index (χ0n) is 14.3. The largest absolute Gasteiger partial charge is 0.352 e. The van der Waals surface area contributed by atoms with Crippen molar-refractivity contribution in [1.82, 2.24) is 20.0 Å². The molecule has 1 aliphatic carbocycles. The predicted octanol–water partition coefficient (Wildman–Crippen LogP) is 1.54. The van der Waals surface area contributed by atoms with E-state index in [0.29, 0.717) is 12.6 Å². The van der Waals surface area contributed by atoms with Crippen molar-refractivity contribution in [1.29, 1.82) is 0 Å². The Morgan fingerprint density at radius 1 is 1.25 bits per heavy atom. The quantitative estimate of drug-likeness (QED) is 0.857. The molecule has 0 bridgehead atoms. The van der Waals surface area contributed by atoms with Gasteiger partial charge in [-0.25, -0.2) is 4.68 Å². The molecule has 1 aromatic heterocycles. The monoisotopic (exact) mass is 333 g/mol. The van der Waals surface area contributed by atoms with Gasteiger partial charge in [0.25, 0.3) is 0 Å². The van der Waals surface area contributed by atoms with Gasteiger partial charge in [-0.2, -0.15) is 5.10 Å². The molecular formula is C17H27N5O2. The summed E-state index contributed by atoms with van der Waals surface area (Å²) in [4.78, 5) is 25.7. The van der Waals surface area contributed by atoms with E-state index in [2.05, 4.69) is 20.6 Å². The fourth-order valence-corrected chi connectivity index (χ4v) is 3.84. The molecular weight excluding hydrogens is 306 g/mol. The number of aromatic nitrogens is 2. The molecule has 2 aliphatic rings. The molecule has 1 saturated carbocycles. The van der Waals surface area contributed by atoms with Crippen LogP contribution in [0.3, 0.4) is 0 Å². The van der Waals surface area contributed by atoms with Gasteiger partial charge >= 0.3 is 0 Å². The Morgan fingerprint density at radius 3 is 2.79 bits per heavy atom. The van der Waals surface area contributed by atoms with Crippen LogP contribution in [-0.2, 0) is 9.59 Å². The first-order valence-corrected chi connectivity index (χ1v) is 8.94. The SMILES string of the molecule is CC(=O)NC1CCCN(CC(=O)Nc2ccnn2C2CCCC2)C1. The molecule has 0 radical (unpaired) electrons. The molecule has 24 heavy (non-hydrogen) atoms. The molecule has 1 unspecified atom stereocenters. The summed E-state index contributed by atoms with van der Waals surface area (Å²) in [6.07, 6.45) is 8.46. The van der Waals surface area contributed by atoms with E-state index in [4.69, 9.17) is 0 Å². The van der Waals surface area contributed by atoms with Gasteiger partial charge in [0.05, 0.1) is 18.8 Å². The van der Waals surface area contributed by atoms with Gasteiger partial charge in [-0.1, -0.05) is 12.8 Å². The van der Waals surface area contributed by atoms with Crippen molar-refractivity contribution in [2.75, 3.05) is 25.0 Å². The van der Waals surface area contributed by atoms with Crippen LogP contribution < -0.4 is 10.6 Å². The number of piperidine rings is 1. The molecule has 2 N–H and O–H groups in total. The molecule has 3 rings (SSSR count). The van der Waals surface area contributed by atoms with Gasteiger partial charge in [0, 0.05) is 25.6 Å². The van der Waals surface area contributed by atoms with Crippen molar-refractivity contribution < 1.29 is 9.59 Å². The van der Waals surface area contributed by atoms with Crippen LogP contribution in [0, 0.1) is 0 Å². The van der Waals surface area contributed by atoms with E-state index in [-0.39, 0.29) is 17.9 Å². The second-order valence-electron chi connectivity index (χ2n) is 6.92. The van der Waals surface area contributed by atoms with Crippen LogP contribution >= 0.6 is 0 Å². The van der Waals surface area contributed by atoms with Crippen molar-refractivity contribution in [3.8, 4) is 0 Å². The topological polar surface area (TPSA) is 79.3 Å². The molecule has 2 heterocycles. The van der Waals surface area contributed by atoms with E-state index in [1.165, 1.54) is 19.8 Å². The molecule has 7 nitrogen and oxygen atoms in total. The van der Waals surface area contributed by atoms with Crippen molar-refractivity contribution in [3.63, 3.8) is 0 Å². The Hall–Kier alpha value is -1.89. The number of hydrogen-bond acceptors (Lipinski definition) is 4. The van der Waals surface area contributed by atoms with Gasteiger partial charge in [-0.15, -0.1) is 0 Å². The van der Waals surface area contributed by atoms with Crippen molar-refractivity contribution >= 4 is 17.6 Å². The highest BCUT2D eigenvalue weighted by molar-refractivity contribution is 5.91. The number of rotatable bonds is 5. The van der Waals surface area contributed by atoms with Crippen LogP contribution in [0.4, 0.5) is 5.82 Å². The number of amides is 2. The minimum absolute atomic E-state index is 0.00762. The maximum Gasteiger partial charge on any atom is 0.239 e. The van der Waals surface area contributed by atoms with E-state index in [9.17, 15) is 9.59 Å². The molecule has 1 aliphatic heterocycles. The summed E-state index contributed by atoms with van der Waals surface area (Å²) in [5, 5.41) is 10.3. The van der Waals surface area contributed by atoms with Crippen molar-refractivity contribution in [3.05, 3.63) is 12.3 Å². The average Bonchev–Trinajstić information content (AvgIpc) is 3.17. The predicted molar refractivity (Wildman–Crippen MR) is 91.6 cm³/mol. The van der Waals surface area contributed by atoms with Gasteiger partial charge in [-0.3, -0.25) is 14.5 Å². The zero-order valence-corrected chi connectivity index (χ0v) is 14.3. The standard InChI is InChI=1S/C17H27N5O2/c1-13(23)19-14-5-4-10-21(11-14)12-17(24)20-16-8-9-18-22(16)15-6-2-3-7-15/h8-9,14-15H,2-7,10-12H2,1H3,(H,19,23)(H,20,24). The number of likely N-dealkylation sites (tertiary alicyclic amines) is 1. The van der Waals surface area contributed by atoms with E-state index in [0.717, 1.165) is 44.6 Å². The highest BCUT2D eigenvalue weighted by Gasteiger charge is 2.24. The number of carbonyl (C=O) groups excluding carboxylic acids is 2. The minimum atomic E-state index is -0.0155. The molecule has 1 aromatic rings. The second kappa shape index (κ2) is 7.79. The van der Waals surface area contributed by atoms with Crippen LogP contribution in [0.15, 0.2) is 12.3 Å². The lowest BCUT2D eigenvalue weighted by atomic mass is 10.1. The van der Waals surface area contributed by atoms with E-state index in [1.807, 2.05) is 10.7 Å². The van der Waals surface area contributed by atoms with Gasteiger partial charge in [-0.05, 0) is 32.2 Å². The summed E-state index contributed by atoms with van der Waals surface area (Å²) in [5.41, 5.74) is 0. The summed E-state index contributed by atoms with van der Waals surface area (Å²) in [5.74, 6) is 0.771. The first-order valence-electron chi connectivity index (χ1n) is 8.94. The Morgan fingerprint density at radius 2 is 2.04 bits per heavy atom. The fourth-order valence-electron chi connectivity index (χ4n) is 3.84. The Balaban J connectivity index is 1.52.